The van der Waals surface area contributed by atoms with E-state index in [-0.39, 0.29) is 29.7 Å². The normalized spacial score (nSPS) is 22.7. The molecule has 4 nitrogen and oxygen atoms in total. The number of benzene rings is 2. The van der Waals surface area contributed by atoms with Crippen LogP contribution in [0.3, 0.4) is 0 Å². The zero-order chi connectivity index (χ0) is 16.7. The summed E-state index contributed by atoms with van der Waals surface area (Å²) in [5.74, 6) is -0.675. The summed E-state index contributed by atoms with van der Waals surface area (Å²) in [5, 5.41) is -0.683. The van der Waals surface area contributed by atoms with Crippen molar-refractivity contribution in [2.24, 2.45) is 16.9 Å². The third-order valence-corrected chi connectivity index (χ3v) is 7.11. The molecule has 0 aliphatic heterocycles. The van der Waals surface area contributed by atoms with Crippen LogP contribution in [0.4, 0.5) is 4.39 Å². The lowest BCUT2D eigenvalue weighted by molar-refractivity contribution is 0.509. The third-order valence-electron chi connectivity index (χ3n) is 4.77. The van der Waals surface area contributed by atoms with E-state index in [0.717, 1.165) is 5.56 Å². The van der Waals surface area contributed by atoms with Gasteiger partial charge in [0.2, 0.25) is 0 Å². The van der Waals surface area contributed by atoms with E-state index in [1.165, 1.54) is 12.1 Å². The first-order valence-electron chi connectivity index (χ1n) is 7.42. The van der Waals surface area contributed by atoms with Crippen LogP contribution in [0.5, 0.6) is 0 Å². The summed E-state index contributed by atoms with van der Waals surface area (Å²) in [7, 11) is -3.56. The predicted octanol–water partition coefficient (Wildman–Crippen LogP) is 1.67. The SMILES string of the molecule is NCC1(CN)[C@@H](c2ccc(F)cc2)[C@@H]1S(=O)(=O)c1ccccc1. The van der Waals surface area contributed by atoms with E-state index in [0.29, 0.717) is 0 Å². The predicted molar refractivity (Wildman–Crippen MR) is 87.1 cm³/mol. The van der Waals surface area contributed by atoms with Crippen molar-refractivity contribution in [1.29, 1.82) is 0 Å². The fourth-order valence-corrected chi connectivity index (χ4v) is 5.94. The molecule has 1 saturated carbocycles. The smallest absolute Gasteiger partial charge is 0.182 e. The Bertz CT molecular complexity index is 787. The minimum Gasteiger partial charge on any atom is -0.330 e. The number of hydrogen-bond acceptors (Lipinski definition) is 4. The van der Waals surface area contributed by atoms with Gasteiger partial charge in [0.25, 0.3) is 0 Å². The Kier molecular flexibility index (Phi) is 4.00. The van der Waals surface area contributed by atoms with E-state index < -0.39 is 20.5 Å². The van der Waals surface area contributed by atoms with Crippen LogP contribution in [0.2, 0.25) is 0 Å². The average molecular weight is 334 g/mol. The molecule has 0 amide bonds. The molecule has 0 heterocycles. The van der Waals surface area contributed by atoms with Crippen LogP contribution in [-0.2, 0) is 9.84 Å². The maximum Gasteiger partial charge on any atom is 0.182 e. The number of sulfone groups is 1. The van der Waals surface area contributed by atoms with Gasteiger partial charge in [0.05, 0.1) is 10.1 Å². The van der Waals surface area contributed by atoms with E-state index in [2.05, 4.69) is 0 Å². The summed E-state index contributed by atoms with van der Waals surface area (Å²) in [5.41, 5.74) is 11.8. The molecule has 0 aromatic heterocycles. The summed E-state index contributed by atoms with van der Waals surface area (Å²) in [6, 6.07) is 14.2. The largest absolute Gasteiger partial charge is 0.330 e. The van der Waals surface area contributed by atoms with Gasteiger partial charge in [0.1, 0.15) is 5.82 Å². The van der Waals surface area contributed by atoms with E-state index >= 15 is 0 Å². The second-order valence-corrected chi connectivity index (χ2v) is 8.02. The highest BCUT2D eigenvalue weighted by Crippen LogP contribution is 2.62. The number of hydrogen-bond donors (Lipinski definition) is 2. The molecule has 0 bridgehead atoms. The number of nitrogens with two attached hydrogens (primary N) is 2. The molecule has 0 saturated heterocycles. The lowest BCUT2D eigenvalue weighted by atomic mass is 9.99. The van der Waals surface area contributed by atoms with E-state index in [1.54, 1.807) is 42.5 Å². The molecule has 0 spiro atoms. The van der Waals surface area contributed by atoms with Gasteiger partial charge < -0.3 is 11.5 Å². The van der Waals surface area contributed by atoms with Crippen molar-refractivity contribution in [2.45, 2.75) is 16.1 Å². The lowest BCUT2D eigenvalue weighted by Crippen LogP contribution is -2.31. The Hall–Kier alpha value is -1.76. The lowest BCUT2D eigenvalue weighted by Gasteiger charge is -2.13. The zero-order valence-corrected chi connectivity index (χ0v) is 13.3. The topological polar surface area (TPSA) is 86.2 Å². The molecule has 0 unspecified atom stereocenters. The summed E-state index contributed by atoms with van der Waals surface area (Å²) < 4.78 is 39.1. The molecule has 2 aromatic carbocycles. The highest BCUT2D eigenvalue weighted by atomic mass is 32.2. The van der Waals surface area contributed by atoms with E-state index in [1.807, 2.05) is 0 Å². The highest BCUT2D eigenvalue weighted by molar-refractivity contribution is 7.92. The first kappa shape index (κ1) is 16.1. The first-order chi connectivity index (χ1) is 11.0. The first-order valence-corrected chi connectivity index (χ1v) is 8.96. The standard InChI is InChI=1S/C17H19FN2O2S/c18-13-8-6-12(7-9-13)15-16(17(15,10-19)11-20)23(21,22)14-4-2-1-3-5-14/h1-9,15-16H,10-11,19-20H2/t15-,16-/m0/s1. The van der Waals surface area contributed by atoms with Crippen LogP contribution in [-0.4, -0.2) is 26.8 Å². The van der Waals surface area contributed by atoms with Crippen LogP contribution >= 0.6 is 0 Å². The van der Waals surface area contributed by atoms with Gasteiger partial charge in [-0.3, -0.25) is 0 Å². The minimum absolute atomic E-state index is 0.169. The molecule has 23 heavy (non-hydrogen) atoms. The Morgan fingerprint density at radius 3 is 2.04 bits per heavy atom. The Morgan fingerprint density at radius 1 is 0.957 bits per heavy atom. The molecule has 6 heteroatoms. The fraction of sp³-hybridized carbons (Fsp3) is 0.294. The molecule has 3 rings (SSSR count). The molecule has 1 aliphatic carbocycles. The van der Waals surface area contributed by atoms with Crippen LogP contribution in [0, 0.1) is 11.2 Å². The van der Waals surface area contributed by atoms with Gasteiger partial charge >= 0.3 is 0 Å². The Balaban J connectivity index is 2.05. The van der Waals surface area contributed by atoms with Crippen molar-refractivity contribution in [3.05, 3.63) is 66.0 Å². The maximum absolute atomic E-state index is 13.2. The maximum atomic E-state index is 13.2. The van der Waals surface area contributed by atoms with Gasteiger partial charge in [0, 0.05) is 24.4 Å². The number of rotatable bonds is 5. The molecule has 1 fully saturated rings. The third kappa shape index (κ3) is 2.47. The Labute approximate surface area is 135 Å². The van der Waals surface area contributed by atoms with Gasteiger partial charge in [-0.15, -0.1) is 0 Å². The van der Waals surface area contributed by atoms with Crippen LogP contribution in [0.1, 0.15) is 11.5 Å². The van der Waals surface area contributed by atoms with Gasteiger partial charge in [-0.1, -0.05) is 30.3 Å². The van der Waals surface area contributed by atoms with Gasteiger partial charge in [-0.05, 0) is 29.8 Å². The monoisotopic (exact) mass is 334 g/mol. The molecule has 4 N–H and O–H groups in total. The molecule has 122 valence electrons. The second kappa shape index (κ2) is 5.70. The molecular formula is C17H19FN2O2S. The molecule has 1 aliphatic rings. The summed E-state index contributed by atoms with van der Waals surface area (Å²) in [6.07, 6.45) is 0. The van der Waals surface area contributed by atoms with Crippen LogP contribution < -0.4 is 11.5 Å². The number of halogens is 1. The van der Waals surface area contributed by atoms with Crippen molar-refractivity contribution < 1.29 is 12.8 Å². The molecule has 0 radical (unpaired) electrons. The average Bonchev–Trinajstić information content (AvgIpc) is 3.27. The molecule has 2 aromatic rings. The Morgan fingerprint density at radius 2 is 1.52 bits per heavy atom. The second-order valence-electron chi connectivity index (χ2n) is 5.95. The van der Waals surface area contributed by atoms with Crippen LogP contribution in [0.15, 0.2) is 59.5 Å². The van der Waals surface area contributed by atoms with Crippen molar-refractivity contribution >= 4 is 9.84 Å². The van der Waals surface area contributed by atoms with Gasteiger partial charge in [-0.2, -0.15) is 0 Å². The molecule has 2 atom stereocenters. The summed E-state index contributed by atoms with van der Waals surface area (Å²) in [4.78, 5) is 0.265. The fourth-order valence-electron chi connectivity index (χ4n) is 3.44. The van der Waals surface area contributed by atoms with E-state index in [4.69, 9.17) is 11.5 Å². The van der Waals surface area contributed by atoms with Crippen molar-refractivity contribution in [3.63, 3.8) is 0 Å². The quantitative estimate of drug-likeness (QED) is 0.871. The highest BCUT2D eigenvalue weighted by Gasteiger charge is 2.69. The van der Waals surface area contributed by atoms with Crippen LogP contribution in [0.25, 0.3) is 0 Å². The van der Waals surface area contributed by atoms with Crippen molar-refractivity contribution in [3.8, 4) is 0 Å². The van der Waals surface area contributed by atoms with Gasteiger partial charge in [0.15, 0.2) is 9.84 Å². The zero-order valence-electron chi connectivity index (χ0n) is 12.5. The summed E-state index contributed by atoms with van der Waals surface area (Å²) >= 11 is 0. The van der Waals surface area contributed by atoms with E-state index in [9.17, 15) is 12.8 Å². The van der Waals surface area contributed by atoms with Crippen molar-refractivity contribution in [2.75, 3.05) is 13.1 Å². The summed E-state index contributed by atoms with van der Waals surface area (Å²) in [6.45, 7) is 0.338. The molecular weight excluding hydrogens is 315 g/mol. The van der Waals surface area contributed by atoms with Crippen molar-refractivity contribution in [1.82, 2.24) is 0 Å². The van der Waals surface area contributed by atoms with Gasteiger partial charge in [-0.25, -0.2) is 12.8 Å². The minimum atomic E-state index is -3.56.